The topological polar surface area (TPSA) is 169 Å². The SMILES string of the molecule is CCCCC/C=C\C/C=C\CCCCCCCCCCCCCCCC(=O)OCC(O)COP(=O)(O)OCC(NC(=O)CCCCCCCCCCCCCCCCCC)C(=O)O. The molecule has 0 radical (unpaired) electrons. The number of esters is 1. The Labute approximate surface area is 385 Å². The number of unbranched alkanes of at least 4 members (excludes halogenated alkanes) is 31. The molecule has 0 heterocycles. The molecule has 11 nitrogen and oxygen atoms in total. The lowest BCUT2D eigenvalue weighted by molar-refractivity contribution is -0.147. The molecule has 370 valence electrons. The Morgan fingerprint density at radius 1 is 0.508 bits per heavy atom. The van der Waals surface area contributed by atoms with Gasteiger partial charge in [-0.25, -0.2) is 9.36 Å². The van der Waals surface area contributed by atoms with Crippen LogP contribution in [-0.4, -0.2) is 64.9 Å². The van der Waals surface area contributed by atoms with Crippen LogP contribution in [0.5, 0.6) is 0 Å². The van der Waals surface area contributed by atoms with Crippen LogP contribution in [0.3, 0.4) is 0 Å². The Hall–Kier alpha value is -2.04. The maximum atomic E-state index is 12.3. The lowest BCUT2D eigenvalue weighted by Gasteiger charge is -2.18. The van der Waals surface area contributed by atoms with E-state index in [0.29, 0.717) is 12.8 Å². The summed E-state index contributed by atoms with van der Waals surface area (Å²) in [5, 5.41) is 21.9. The molecule has 0 aliphatic carbocycles. The summed E-state index contributed by atoms with van der Waals surface area (Å²) >= 11 is 0. The molecule has 0 spiro atoms. The van der Waals surface area contributed by atoms with Crippen molar-refractivity contribution < 1.29 is 47.8 Å². The zero-order chi connectivity index (χ0) is 46.3. The van der Waals surface area contributed by atoms with Gasteiger partial charge in [0.2, 0.25) is 5.91 Å². The van der Waals surface area contributed by atoms with Crippen molar-refractivity contribution in [1.29, 1.82) is 0 Å². The highest BCUT2D eigenvalue weighted by atomic mass is 31.2. The molecule has 63 heavy (non-hydrogen) atoms. The number of aliphatic hydroxyl groups is 1. The summed E-state index contributed by atoms with van der Waals surface area (Å²) in [6.07, 6.45) is 50.6. The van der Waals surface area contributed by atoms with Crippen LogP contribution in [0.4, 0.5) is 0 Å². The molecule has 1 amide bonds. The number of carboxylic acid groups (broad SMARTS) is 1. The van der Waals surface area contributed by atoms with Gasteiger partial charge in [-0.05, 0) is 44.9 Å². The molecule has 0 aliphatic heterocycles. The zero-order valence-electron chi connectivity index (χ0n) is 40.4. The number of carbonyl (C=O) groups excluding carboxylic acids is 2. The molecule has 0 aromatic carbocycles. The highest BCUT2D eigenvalue weighted by Crippen LogP contribution is 2.43. The molecule has 0 bridgehead atoms. The Kier molecular flexibility index (Phi) is 45.0. The van der Waals surface area contributed by atoms with Gasteiger partial charge in [0.25, 0.3) is 0 Å². The molecule has 0 rings (SSSR count). The standard InChI is InChI=1S/C51H96NO10P/c1-3-5-7-9-11-13-15-17-19-21-22-23-24-25-26-27-29-31-33-35-37-39-41-43-50(55)60-44-47(53)45-61-63(58,59)62-46-48(51(56)57)52-49(54)42-40-38-36-34-32-30-28-20-18-16-14-12-10-8-6-4-2/h11,13,17,19,47-48,53H,3-10,12,14-16,18,20-46H2,1-2H3,(H,52,54)(H,56,57)(H,58,59)/b13-11-,19-17-. The first-order valence-electron chi connectivity index (χ1n) is 25.9. The van der Waals surface area contributed by atoms with Crippen molar-refractivity contribution >= 4 is 25.7 Å². The van der Waals surface area contributed by atoms with Crippen LogP contribution in [0.25, 0.3) is 0 Å². The molecule has 0 fully saturated rings. The number of phosphoric acid groups is 1. The van der Waals surface area contributed by atoms with Crippen molar-refractivity contribution in [3.05, 3.63) is 24.3 Å². The fourth-order valence-electron chi connectivity index (χ4n) is 7.47. The van der Waals surface area contributed by atoms with E-state index in [1.807, 2.05) is 0 Å². The zero-order valence-corrected chi connectivity index (χ0v) is 41.3. The predicted molar refractivity (Wildman–Crippen MR) is 259 cm³/mol. The quantitative estimate of drug-likeness (QED) is 0.0199. The second kappa shape index (κ2) is 46.5. The van der Waals surface area contributed by atoms with Crippen LogP contribution >= 0.6 is 7.82 Å². The molecule has 3 unspecified atom stereocenters. The van der Waals surface area contributed by atoms with Crippen LogP contribution < -0.4 is 5.32 Å². The van der Waals surface area contributed by atoms with Crippen molar-refractivity contribution in [3.63, 3.8) is 0 Å². The second-order valence-electron chi connectivity index (χ2n) is 17.7. The number of nitrogens with one attached hydrogen (secondary N) is 1. The first-order valence-corrected chi connectivity index (χ1v) is 27.4. The molecule has 0 aliphatic rings. The summed E-state index contributed by atoms with van der Waals surface area (Å²) in [7, 11) is -4.76. The highest BCUT2D eigenvalue weighted by molar-refractivity contribution is 7.47. The van der Waals surface area contributed by atoms with Crippen LogP contribution in [0.1, 0.15) is 251 Å². The van der Waals surface area contributed by atoms with Gasteiger partial charge in [0.05, 0.1) is 13.2 Å². The number of allylic oxidation sites excluding steroid dienone is 4. The van der Waals surface area contributed by atoms with Crippen molar-refractivity contribution in [2.45, 2.75) is 264 Å². The second-order valence-corrected chi connectivity index (χ2v) is 19.2. The van der Waals surface area contributed by atoms with E-state index in [9.17, 15) is 34.1 Å². The maximum absolute atomic E-state index is 12.3. The third kappa shape index (κ3) is 46.3. The Morgan fingerprint density at radius 3 is 1.32 bits per heavy atom. The third-order valence-corrected chi connectivity index (χ3v) is 12.4. The molecule has 12 heteroatoms. The van der Waals surface area contributed by atoms with Gasteiger partial charge in [-0.2, -0.15) is 0 Å². The van der Waals surface area contributed by atoms with E-state index in [1.165, 1.54) is 167 Å². The minimum Gasteiger partial charge on any atom is -0.480 e. The van der Waals surface area contributed by atoms with Crippen LogP contribution in [0, 0.1) is 0 Å². The third-order valence-electron chi connectivity index (χ3n) is 11.5. The number of carbonyl (C=O) groups is 3. The van der Waals surface area contributed by atoms with Gasteiger partial charge in [0, 0.05) is 12.8 Å². The van der Waals surface area contributed by atoms with Crippen molar-refractivity contribution in [3.8, 4) is 0 Å². The normalized spacial score (nSPS) is 13.7. The van der Waals surface area contributed by atoms with Crippen LogP contribution in [0.15, 0.2) is 24.3 Å². The van der Waals surface area contributed by atoms with E-state index < -0.39 is 57.6 Å². The first-order chi connectivity index (χ1) is 30.6. The highest BCUT2D eigenvalue weighted by Gasteiger charge is 2.28. The molecule has 0 saturated heterocycles. The predicted octanol–water partition coefficient (Wildman–Crippen LogP) is 14.2. The molecule has 4 N–H and O–H groups in total. The summed E-state index contributed by atoms with van der Waals surface area (Å²) in [6, 6.07) is -1.54. The number of aliphatic hydroxyl groups excluding tert-OH is 1. The van der Waals surface area contributed by atoms with E-state index in [1.54, 1.807) is 0 Å². The number of phosphoric ester groups is 1. The summed E-state index contributed by atoms with van der Waals surface area (Å²) in [5.74, 6) is -2.36. The van der Waals surface area contributed by atoms with Gasteiger partial charge >= 0.3 is 19.8 Å². The van der Waals surface area contributed by atoms with Crippen molar-refractivity contribution in [2.75, 3.05) is 19.8 Å². The number of amides is 1. The van der Waals surface area contributed by atoms with E-state index in [2.05, 4.69) is 43.5 Å². The van der Waals surface area contributed by atoms with E-state index in [4.69, 9.17) is 13.8 Å². The van der Waals surface area contributed by atoms with Crippen molar-refractivity contribution in [2.24, 2.45) is 0 Å². The minimum atomic E-state index is -4.76. The number of carboxylic acids is 1. The smallest absolute Gasteiger partial charge is 0.472 e. The Morgan fingerprint density at radius 2 is 0.873 bits per heavy atom. The number of rotatable bonds is 49. The first kappa shape index (κ1) is 61.0. The van der Waals surface area contributed by atoms with E-state index >= 15 is 0 Å². The molecule has 0 saturated carbocycles. The fraction of sp³-hybridized carbons (Fsp3) is 0.863. The maximum Gasteiger partial charge on any atom is 0.472 e. The van der Waals surface area contributed by atoms with Gasteiger partial charge in [-0.15, -0.1) is 0 Å². The number of aliphatic carboxylic acids is 1. The van der Waals surface area contributed by atoms with Gasteiger partial charge in [-0.1, -0.05) is 218 Å². The summed E-state index contributed by atoms with van der Waals surface area (Å²) in [4.78, 5) is 46.1. The van der Waals surface area contributed by atoms with Gasteiger partial charge in [0.15, 0.2) is 6.04 Å². The van der Waals surface area contributed by atoms with E-state index in [0.717, 1.165) is 44.9 Å². The lowest BCUT2D eigenvalue weighted by atomic mass is 10.0. The van der Waals surface area contributed by atoms with Crippen LogP contribution in [0.2, 0.25) is 0 Å². The average Bonchev–Trinajstić information content (AvgIpc) is 3.26. The molecule has 3 atom stereocenters. The lowest BCUT2D eigenvalue weighted by Crippen LogP contribution is -2.43. The van der Waals surface area contributed by atoms with Gasteiger partial charge in [0.1, 0.15) is 12.7 Å². The molecular formula is C51H96NO10P. The molecule has 0 aromatic rings. The number of hydrogen-bond donors (Lipinski definition) is 4. The summed E-state index contributed by atoms with van der Waals surface area (Å²) in [6.45, 7) is 2.61. The van der Waals surface area contributed by atoms with E-state index in [-0.39, 0.29) is 12.8 Å². The minimum absolute atomic E-state index is 0.151. The molecule has 0 aromatic heterocycles. The number of hydrogen-bond acceptors (Lipinski definition) is 8. The van der Waals surface area contributed by atoms with Gasteiger partial charge < -0.3 is 25.2 Å². The fourth-order valence-corrected chi connectivity index (χ4v) is 8.24. The number of ether oxygens (including phenoxy) is 1. The Balaban J connectivity index is 3.78. The Bertz CT molecular complexity index is 1160. The van der Waals surface area contributed by atoms with Crippen LogP contribution in [-0.2, 0) is 32.7 Å². The van der Waals surface area contributed by atoms with Gasteiger partial charge in [-0.3, -0.25) is 18.6 Å². The summed E-state index contributed by atoms with van der Waals surface area (Å²) < 4.78 is 27.0. The monoisotopic (exact) mass is 914 g/mol. The summed E-state index contributed by atoms with van der Waals surface area (Å²) in [5.41, 5.74) is 0. The molecular weight excluding hydrogens is 818 g/mol. The van der Waals surface area contributed by atoms with Crippen molar-refractivity contribution in [1.82, 2.24) is 5.32 Å². The largest absolute Gasteiger partial charge is 0.480 e. The average molecular weight is 914 g/mol.